The number of nitrogens with zero attached hydrogens (tertiary/aromatic N) is 1. The highest BCUT2D eigenvalue weighted by Crippen LogP contribution is 2.41. The van der Waals surface area contributed by atoms with Crippen LogP contribution in [0.15, 0.2) is 42.5 Å². The van der Waals surface area contributed by atoms with Gasteiger partial charge in [0, 0.05) is 24.6 Å². The van der Waals surface area contributed by atoms with Crippen molar-refractivity contribution in [3.63, 3.8) is 0 Å². The Morgan fingerprint density at radius 3 is 2.50 bits per heavy atom. The van der Waals surface area contributed by atoms with E-state index in [4.69, 9.17) is 4.74 Å². The summed E-state index contributed by atoms with van der Waals surface area (Å²) in [5.74, 6) is -0.820. The van der Waals surface area contributed by atoms with Gasteiger partial charge in [-0.05, 0) is 36.6 Å². The lowest BCUT2D eigenvalue weighted by Crippen LogP contribution is -2.42. The minimum atomic E-state index is -0.745. The predicted octanol–water partition coefficient (Wildman–Crippen LogP) is 2.07. The molecule has 9 nitrogen and oxygen atoms in total. The van der Waals surface area contributed by atoms with Crippen molar-refractivity contribution in [1.29, 1.82) is 0 Å². The number of fused-ring (bicyclic) bond motifs is 1. The third-order valence-corrected chi connectivity index (χ3v) is 5.42. The summed E-state index contributed by atoms with van der Waals surface area (Å²) in [4.78, 5) is 51.4. The van der Waals surface area contributed by atoms with Crippen LogP contribution in [0.1, 0.15) is 41.7 Å². The van der Waals surface area contributed by atoms with Gasteiger partial charge in [-0.15, -0.1) is 0 Å². The normalized spacial score (nSPS) is 16.9. The summed E-state index contributed by atoms with van der Waals surface area (Å²) >= 11 is 0. The molecule has 1 fully saturated rings. The number of methoxy groups -OCH3 is 1. The monoisotopic (exact) mass is 436 g/mol. The molecule has 1 aliphatic heterocycles. The molecule has 1 aliphatic carbocycles. The second-order valence-electron chi connectivity index (χ2n) is 7.79. The van der Waals surface area contributed by atoms with E-state index < -0.39 is 17.9 Å². The molecule has 0 spiro atoms. The van der Waals surface area contributed by atoms with Gasteiger partial charge in [0.15, 0.2) is 0 Å². The fraction of sp³-hybridized carbons (Fsp3) is 0.304. The van der Waals surface area contributed by atoms with Crippen molar-refractivity contribution >= 4 is 35.0 Å². The van der Waals surface area contributed by atoms with Crippen molar-refractivity contribution in [2.24, 2.45) is 0 Å². The molecule has 166 valence electrons. The van der Waals surface area contributed by atoms with E-state index >= 15 is 0 Å². The van der Waals surface area contributed by atoms with Crippen molar-refractivity contribution in [2.75, 3.05) is 24.3 Å². The number of ether oxygens (including phenoxy) is 1. The average Bonchev–Trinajstić information content (AvgIpc) is 3.57. The molecule has 0 saturated heterocycles. The third kappa shape index (κ3) is 4.27. The summed E-state index contributed by atoms with van der Waals surface area (Å²) < 4.78 is 5.17. The van der Waals surface area contributed by atoms with Gasteiger partial charge in [0.25, 0.3) is 5.91 Å². The number of amides is 4. The number of nitrogens with one attached hydrogen (secondary N) is 3. The maximum Gasteiger partial charge on any atom is 0.255 e. The number of anilines is 2. The molecule has 9 heteroatoms. The first-order chi connectivity index (χ1) is 15.4. The van der Waals surface area contributed by atoms with Crippen LogP contribution in [0.4, 0.5) is 11.4 Å². The van der Waals surface area contributed by atoms with Gasteiger partial charge in [-0.1, -0.05) is 18.2 Å². The van der Waals surface area contributed by atoms with E-state index in [-0.39, 0.29) is 24.4 Å². The Morgan fingerprint density at radius 1 is 1.06 bits per heavy atom. The summed E-state index contributed by atoms with van der Waals surface area (Å²) in [7, 11) is 1.49. The molecule has 0 aromatic heterocycles. The molecule has 2 aromatic rings. The number of hydrogen-bond acceptors (Lipinski definition) is 5. The molecule has 32 heavy (non-hydrogen) atoms. The van der Waals surface area contributed by atoms with Crippen molar-refractivity contribution in [3.05, 3.63) is 53.6 Å². The van der Waals surface area contributed by atoms with Crippen LogP contribution in [-0.2, 0) is 14.4 Å². The molecule has 4 rings (SSSR count). The number of hydrogen-bond donors (Lipinski definition) is 3. The highest BCUT2D eigenvalue weighted by molar-refractivity contribution is 6.06. The van der Waals surface area contributed by atoms with E-state index in [1.165, 1.54) is 14.0 Å². The number of carbonyl (C=O) groups excluding carboxylic acids is 4. The second-order valence-corrected chi connectivity index (χ2v) is 7.79. The lowest BCUT2D eigenvalue weighted by molar-refractivity contribution is -0.127. The van der Waals surface area contributed by atoms with Gasteiger partial charge >= 0.3 is 0 Å². The Morgan fingerprint density at radius 2 is 1.81 bits per heavy atom. The van der Waals surface area contributed by atoms with E-state index in [0.717, 1.165) is 12.8 Å². The average molecular weight is 436 g/mol. The molecule has 0 bridgehead atoms. The summed E-state index contributed by atoms with van der Waals surface area (Å²) in [6, 6.07) is 11.2. The zero-order valence-corrected chi connectivity index (χ0v) is 17.8. The summed E-state index contributed by atoms with van der Waals surface area (Å²) in [6.07, 6.45) is 1.73. The molecule has 2 aromatic carbocycles. The van der Waals surface area contributed by atoms with Crippen LogP contribution in [0.2, 0.25) is 0 Å². The number of carbonyl (C=O) groups is 4. The predicted molar refractivity (Wildman–Crippen MR) is 117 cm³/mol. The van der Waals surface area contributed by atoms with Crippen molar-refractivity contribution in [3.8, 4) is 5.75 Å². The smallest absolute Gasteiger partial charge is 0.255 e. The minimum absolute atomic E-state index is 0.0523. The molecule has 1 atom stereocenters. The Balaban J connectivity index is 1.45. The quantitative estimate of drug-likeness (QED) is 0.614. The summed E-state index contributed by atoms with van der Waals surface area (Å²) in [5, 5.41) is 7.97. The minimum Gasteiger partial charge on any atom is -0.497 e. The molecule has 4 amide bonds. The molecule has 0 radical (unpaired) electrons. The van der Waals surface area contributed by atoms with Gasteiger partial charge in [0.2, 0.25) is 17.7 Å². The van der Waals surface area contributed by atoms with Gasteiger partial charge in [-0.3, -0.25) is 19.2 Å². The van der Waals surface area contributed by atoms with E-state index in [1.807, 2.05) is 0 Å². The fourth-order valence-corrected chi connectivity index (χ4v) is 3.84. The van der Waals surface area contributed by atoms with E-state index in [9.17, 15) is 19.2 Å². The van der Waals surface area contributed by atoms with E-state index in [2.05, 4.69) is 16.0 Å². The van der Waals surface area contributed by atoms with Crippen LogP contribution in [0.3, 0.4) is 0 Å². The lowest BCUT2D eigenvalue weighted by Gasteiger charge is -2.24. The Hall–Kier alpha value is -3.88. The molecular weight excluding hydrogens is 412 g/mol. The number of rotatable bonds is 7. The first kappa shape index (κ1) is 21.4. The van der Waals surface area contributed by atoms with Crippen molar-refractivity contribution in [2.45, 2.75) is 31.8 Å². The first-order valence-electron chi connectivity index (χ1n) is 10.3. The van der Waals surface area contributed by atoms with E-state index in [1.54, 1.807) is 47.4 Å². The van der Waals surface area contributed by atoms with E-state index in [0.29, 0.717) is 28.3 Å². The first-order valence-corrected chi connectivity index (χ1v) is 10.3. The summed E-state index contributed by atoms with van der Waals surface area (Å²) in [6.45, 7) is 1.07. The molecular formula is C23H24N4O5. The molecule has 1 unspecified atom stereocenters. The molecule has 1 heterocycles. The summed E-state index contributed by atoms with van der Waals surface area (Å²) in [5.41, 5.74) is 1.94. The van der Waals surface area contributed by atoms with Gasteiger partial charge in [-0.25, -0.2) is 0 Å². The van der Waals surface area contributed by atoms with Crippen LogP contribution in [0.25, 0.3) is 0 Å². The largest absolute Gasteiger partial charge is 0.497 e. The Bertz CT molecular complexity index is 1100. The van der Waals surface area contributed by atoms with Crippen molar-refractivity contribution in [1.82, 2.24) is 10.2 Å². The maximum absolute atomic E-state index is 13.0. The molecule has 3 N–H and O–H groups in total. The highest BCUT2D eigenvalue weighted by Gasteiger charge is 2.47. The topological polar surface area (TPSA) is 117 Å². The highest BCUT2D eigenvalue weighted by atomic mass is 16.5. The van der Waals surface area contributed by atoms with Gasteiger partial charge in [-0.2, -0.15) is 0 Å². The zero-order chi connectivity index (χ0) is 22.8. The zero-order valence-electron chi connectivity index (χ0n) is 17.8. The van der Waals surface area contributed by atoms with Gasteiger partial charge in [0.05, 0.1) is 25.0 Å². The van der Waals surface area contributed by atoms with Crippen molar-refractivity contribution < 1.29 is 23.9 Å². The lowest BCUT2D eigenvalue weighted by atomic mass is 10.0. The second kappa shape index (κ2) is 8.70. The Kier molecular flexibility index (Phi) is 5.81. The standard InChI is InChI=1S/C23H24N4O5/c1-13(28)25-18-10-9-15(32-2)11-19(18)26-20(29)12-24-22(30)21-16-5-3-4-6-17(16)23(31)27(21)14-7-8-14/h3-6,9-11,14,21H,7-8,12H2,1-2H3,(H,24,30)(H,25,28)(H,26,29). The van der Waals surface area contributed by atoms with Crippen LogP contribution in [0, 0.1) is 0 Å². The van der Waals surface area contributed by atoms with Gasteiger partial charge in [0.1, 0.15) is 11.8 Å². The fourth-order valence-electron chi connectivity index (χ4n) is 3.84. The van der Waals surface area contributed by atoms with Crippen LogP contribution in [0.5, 0.6) is 5.75 Å². The maximum atomic E-state index is 13.0. The van der Waals surface area contributed by atoms with Crippen LogP contribution >= 0.6 is 0 Å². The number of benzene rings is 2. The Labute approximate surface area is 185 Å². The SMILES string of the molecule is COc1ccc(NC(C)=O)c(NC(=O)CNC(=O)C2c3ccccc3C(=O)N2C2CC2)c1. The van der Waals surface area contributed by atoms with Gasteiger partial charge < -0.3 is 25.6 Å². The third-order valence-electron chi connectivity index (χ3n) is 5.42. The van der Waals surface area contributed by atoms with Crippen LogP contribution < -0.4 is 20.7 Å². The molecule has 1 saturated carbocycles. The molecule has 2 aliphatic rings. The van der Waals surface area contributed by atoms with Crippen LogP contribution in [-0.4, -0.2) is 48.2 Å².